The molecule has 2 aromatic carbocycles. The van der Waals surface area contributed by atoms with E-state index in [1.165, 1.54) is 29.7 Å². The number of benzene rings is 2. The molecule has 2 fully saturated rings. The molecule has 2 bridgehead atoms. The van der Waals surface area contributed by atoms with E-state index in [9.17, 15) is 4.79 Å². The van der Waals surface area contributed by atoms with Gasteiger partial charge in [0.25, 0.3) is 5.19 Å². The van der Waals surface area contributed by atoms with Gasteiger partial charge in [-0.2, -0.15) is 0 Å². The van der Waals surface area contributed by atoms with E-state index in [0.29, 0.717) is 22.3 Å². The van der Waals surface area contributed by atoms with Gasteiger partial charge in [0.2, 0.25) is 0 Å². The normalized spacial score (nSPS) is 23.2. The quantitative estimate of drug-likeness (QED) is 0.550. The maximum absolute atomic E-state index is 11.2. The topological polar surface area (TPSA) is 80.5 Å². The summed E-state index contributed by atoms with van der Waals surface area (Å²) in [6.45, 7) is 1.04. The van der Waals surface area contributed by atoms with Crippen LogP contribution in [0.5, 0.6) is 10.9 Å². The number of nitrogens with two attached hydrogens (primary N) is 1. The van der Waals surface area contributed by atoms with Gasteiger partial charge in [0.15, 0.2) is 0 Å². The van der Waals surface area contributed by atoms with E-state index < -0.39 is 6.03 Å². The summed E-state index contributed by atoms with van der Waals surface area (Å²) in [6.07, 6.45) is 5.42. The first kappa shape index (κ1) is 20.5. The second-order valence-electron chi connectivity index (χ2n) is 8.39. The van der Waals surface area contributed by atoms with Crippen molar-refractivity contribution in [2.45, 2.75) is 50.2 Å². The molecule has 0 aliphatic carbocycles. The van der Waals surface area contributed by atoms with Crippen molar-refractivity contribution in [3.63, 3.8) is 0 Å². The fourth-order valence-electron chi connectivity index (χ4n) is 4.96. The minimum atomic E-state index is -0.408. The molecule has 0 unspecified atom stereocenters. The standard InChI is InChI=1S/C23H25ClN4O2S/c24-15-3-8-20-21(11-15)31-23(27-20)30-19-6-1-14(2-7-19)9-10-28-17-4-5-18(28)13-16(12-17)26-22(25)29/h1-3,6-8,11,16-18H,4-5,9-10,12-13H2,(H3,25,26,29)/t16-,17+,18-. The van der Waals surface area contributed by atoms with Crippen LogP contribution < -0.4 is 15.8 Å². The van der Waals surface area contributed by atoms with Gasteiger partial charge in [-0.05, 0) is 68.0 Å². The Kier molecular flexibility index (Phi) is 5.73. The first-order chi connectivity index (χ1) is 15.0. The first-order valence-corrected chi connectivity index (χ1v) is 11.9. The predicted molar refractivity (Wildman–Crippen MR) is 124 cm³/mol. The Labute approximate surface area is 190 Å². The first-order valence-electron chi connectivity index (χ1n) is 10.7. The van der Waals surface area contributed by atoms with Crippen LogP contribution in [0, 0.1) is 0 Å². The molecule has 3 N–H and O–H groups in total. The molecule has 31 heavy (non-hydrogen) atoms. The lowest BCUT2D eigenvalue weighted by molar-refractivity contribution is 0.121. The van der Waals surface area contributed by atoms with Crippen LogP contribution >= 0.6 is 22.9 Å². The Morgan fingerprint density at radius 2 is 1.94 bits per heavy atom. The van der Waals surface area contributed by atoms with Gasteiger partial charge < -0.3 is 15.8 Å². The zero-order valence-corrected chi connectivity index (χ0v) is 18.7. The molecule has 0 saturated carbocycles. The Bertz CT molecular complexity index is 1070. The smallest absolute Gasteiger partial charge is 0.312 e. The third-order valence-corrected chi connectivity index (χ3v) is 7.48. The highest BCUT2D eigenvalue weighted by Gasteiger charge is 2.40. The summed E-state index contributed by atoms with van der Waals surface area (Å²) in [5, 5.41) is 4.22. The van der Waals surface area contributed by atoms with Crippen molar-refractivity contribution >= 4 is 39.2 Å². The minimum absolute atomic E-state index is 0.223. The lowest BCUT2D eigenvalue weighted by Gasteiger charge is -2.39. The minimum Gasteiger partial charge on any atom is -0.431 e. The maximum atomic E-state index is 11.2. The molecule has 3 atom stereocenters. The van der Waals surface area contributed by atoms with Gasteiger partial charge in [-0.1, -0.05) is 35.1 Å². The largest absolute Gasteiger partial charge is 0.431 e. The molecule has 2 aliphatic rings. The molecule has 1 aromatic heterocycles. The zero-order chi connectivity index (χ0) is 21.4. The number of piperidine rings is 1. The molecule has 2 saturated heterocycles. The van der Waals surface area contributed by atoms with Crippen molar-refractivity contribution in [2.24, 2.45) is 5.73 Å². The second kappa shape index (κ2) is 8.65. The highest BCUT2D eigenvalue weighted by Crippen LogP contribution is 2.36. The number of urea groups is 1. The van der Waals surface area contributed by atoms with Crippen LogP contribution in [0.2, 0.25) is 5.02 Å². The van der Waals surface area contributed by atoms with E-state index in [1.807, 2.05) is 30.3 Å². The number of thiazole rings is 1. The number of fused-ring (bicyclic) bond motifs is 3. The lowest BCUT2D eigenvalue weighted by atomic mass is 9.96. The number of nitrogens with one attached hydrogen (secondary N) is 1. The average molecular weight is 457 g/mol. The number of hydrogen-bond donors (Lipinski definition) is 2. The van der Waals surface area contributed by atoms with Gasteiger partial charge in [0.1, 0.15) is 5.75 Å². The average Bonchev–Trinajstić information content (AvgIpc) is 3.23. The summed E-state index contributed by atoms with van der Waals surface area (Å²) >= 11 is 7.55. The number of hydrogen-bond acceptors (Lipinski definition) is 5. The molecular weight excluding hydrogens is 432 g/mol. The molecule has 0 radical (unpaired) electrons. The van der Waals surface area contributed by atoms with Crippen LogP contribution in [0.1, 0.15) is 31.2 Å². The van der Waals surface area contributed by atoms with Crippen molar-refractivity contribution in [1.29, 1.82) is 0 Å². The summed E-state index contributed by atoms with van der Waals surface area (Å²) in [4.78, 5) is 18.3. The molecular formula is C23H25ClN4O2S. The van der Waals surface area contributed by atoms with Crippen LogP contribution in [0.4, 0.5) is 4.79 Å². The van der Waals surface area contributed by atoms with Crippen LogP contribution in [0.25, 0.3) is 10.2 Å². The predicted octanol–water partition coefficient (Wildman–Crippen LogP) is 4.95. The van der Waals surface area contributed by atoms with Gasteiger partial charge in [0, 0.05) is 29.7 Å². The second-order valence-corrected chi connectivity index (χ2v) is 9.82. The number of halogens is 1. The van der Waals surface area contributed by atoms with Crippen molar-refractivity contribution in [3.05, 3.63) is 53.1 Å². The molecule has 3 heterocycles. The Hall–Kier alpha value is -2.35. The van der Waals surface area contributed by atoms with Gasteiger partial charge in [-0.3, -0.25) is 4.90 Å². The summed E-state index contributed by atoms with van der Waals surface area (Å²) in [5.41, 5.74) is 7.49. The van der Waals surface area contributed by atoms with Crippen LogP contribution in [0.15, 0.2) is 42.5 Å². The number of primary amides is 1. The molecule has 162 valence electrons. The summed E-state index contributed by atoms with van der Waals surface area (Å²) in [7, 11) is 0. The fourth-order valence-corrected chi connectivity index (χ4v) is 6.07. The van der Waals surface area contributed by atoms with E-state index in [4.69, 9.17) is 22.1 Å². The summed E-state index contributed by atoms with van der Waals surface area (Å²) < 4.78 is 6.97. The van der Waals surface area contributed by atoms with E-state index in [1.54, 1.807) is 0 Å². The number of carbonyl (C=O) groups is 1. The zero-order valence-electron chi connectivity index (χ0n) is 17.1. The molecule has 3 aromatic rings. The SMILES string of the molecule is NC(=O)N[C@H]1C[C@H]2CC[C@@H](C1)N2CCc1ccc(Oc2nc3ccc(Cl)cc3s2)cc1. The van der Waals surface area contributed by atoms with Crippen LogP contribution in [-0.4, -0.2) is 40.6 Å². The number of ether oxygens (including phenoxy) is 1. The lowest BCUT2D eigenvalue weighted by Crippen LogP contribution is -2.51. The van der Waals surface area contributed by atoms with Gasteiger partial charge >= 0.3 is 6.03 Å². The van der Waals surface area contributed by atoms with E-state index in [-0.39, 0.29) is 6.04 Å². The Balaban J connectivity index is 1.17. The molecule has 2 amide bonds. The van der Waals surface area contributed by atoms with Gasteiger partial charge in [-0.15, -0.1) is 0 Å². The number of aromatic nitrogens is 1. The third-order valence-electron chi connectivity index (χ3n) is 6.35. The number of carbonyl (C=O) groups excluding carboxylic acids is 1. The molecule has 0 spiro atoms. The Morgan fingerprint density at radius 3 is 2.65 bits per heavy atom. The van der Waals surface area contributed by atoms with Crippen LogP contribution in [-0.2, 0) is 6.42 Å². The highest BCUT2D eigenvalue weighted by molar-refractivity contribution is 7.20. The highest BCUT2D eigenvalue weighted by atomic mass is 35.5. The number of amides is 2. The van der Waals surface area contributed by atoms with Crippen molar-refractivity contribution < 1.29 is 9.53 Å². The molecule has 5 rings (SSSR count). The number of nitrogens with zero attached hydrogens (tertiary/aromatic N) is 2. The number of rotatable bonds is 6. The van der Waals surface area contributed by atoms with Gasteiger partial charge in [-0.25, -0.2) is 9.78 Å². The fraction of sp³-hybridized carbons (Fsp3) is 0.391. The molecule has 2 aliphatic heterocycles. The molecule has 6 nitrogen and oxygen atoms in total. The van der Waals surface area contributed by atoms with E-state index >= 15 is 0 Å². The van der Waals surface area contributed by atoms with Crippen molar-refractivity contribution in [2.75, 3.05) is 6.54 Å². The third kappa shape index (κ3) is 4.63. The summed E-state index contributed by atoms with van der Waals surface area (Å²) in [5.74, 6) is 0.785. The van der Waals surface area contributed by atoms with Crippen LogP contribution in [0.3, 0.4) is 0 Å². The van der Waals surface area contributed by atoms with E-state index in [0.717, 1.165) is 41.8 Å². The monoisotopic (exact) mass is 456 g/mol. The van der Waals surface area contributed by atoms with Gasteiger partial charge in [0.05, 0.1) is 10.2 Å². The Morgan fingerprint density at radius 1 is 1.19 bits per heavy atom. The van der Waals surface area contributed by atoms with E-state index in [2.05, 4.69) is 27.3 Å². The van der Waals surface area contributed by atoms with Crippen molar-refractivity contribution in [3.8, 4) is 10.9 Å². The van der Waals surface area contributed by atoms with Crippen molar-refractivity contribution in [1.82, 2.24) is 15.2 Å². The maximum Gasteiger partial charge on any atom is 0.312 e. The molecule has 8 heteroatoms. The summed E-state index contributed by atoms with van der Waals surface area (Å²) in [6, 6.07) is 14.8.